The van der Waals surface area contributed by atoms with Gasteiger partial charge < -0.3 is 26.4 Å². The summed E-state index contributed by atoms with van der Waals surface area (Å²) in [6, 6.07) is 17.7. The molecule has 5 N–H and O–H groups in total. The molecule has 0 aromatic heterocycles. The fraction of sp³-hybridized carbons (Fsp3) is 0.290. The molecule has 4 rings (SSSR count). The number of nitrogens with one attached hydrogen (secondary N) is 3. The fourth-order valence-corrected chi connectivity index (χ4v) is 4.54. The molecule has 216 valence electrons. The highest BCUT2D eigenvalue weighted by Crippen LogP contribution is 2.30. The van der Waals surface area contributed by atoms with Crippen LogP contribution >= 0.6 is 0 Å². The second-order valence-corrected chi connectivity index (χ2v) is 9.87. The molecule has 1 aliphatic heterocycles. The summed E-state index contributed by atoms with van der Waals surface area (Å²) >= 11 is 0. The minimum absolute atomic E-state index is 0.267. The molecule has 2 amide bonds. The van der Waals surface area contributed by atoms with E-state index >= 15 is 0 Å². The molecule has 1 fully saturated rings. The predicted molar refractivity (Wildman–Crippen MR) is 154 cm³/mol. The smallest absolute Gasteiger partial charge is 0.397 e. The minimum Gasteiger partial charge on any atom is -0.397 e. The summed E-state index contributed by atoms with van der Waals surface area (Å²) in [5.74, 6) is -0.227. The lowest BCUT2D eigenvalue weighted by Gasteiger charge is -2.24. The van der Waals surface area contributed by atoms with E-state index in [0.717, 1.165) is 50.2 Å². The van der Waals surface area contributed by atoms with Gasteiger partial charge in [-0.25, -0.2) is 0 Å². The van der Waals surface area contributed by atoms with Crippen molar-refractivity contribution in [1.82, 2.24) is 5.32 Å². The third-order valence-electron chi connectivity index (χ3n) is 6.90. The molecule has 1 atom stereocenters. The Balaban J connectivity index is 1.43. The van der Waals surface area contributed by atoms with Gasteiger partial charge in [0.05, 0.1) is 16.9 Å². The van der Waals surface area contributed by atoms with E-state index in [-0.39, 0.29) is 17.5 Å². The topological polar surface area (TPSA) is 105 Å². The second-order valence-electron chi connectivity index (χ2n) is 9.87. The Bertz CT molecular complexity index is 1340. The maximum Gasteiger partial charge on any atom is 0.416 e. The van der Waals surface area contributed by atoms with E-state index < -0.39 is 17.8 Å². The summed E-state index contributed by atoms with van der Waals surface area (Å²) in [4.78, 5) is 25.6. The highest BCUT2D eigenvalue weighted by atomic mass is 19.4. The molecule has 3 aromatic rings. The lowest BCUT2D eigenvalue weighted by Crippen LogP contribution is -2.34. The molecular weight excluding hydrogens is 533 g/mol. The van der Waals surface area contributed by atoms with E-state index in [0.29, 0.717) is 29.4 Å². The van der Waals surface area contributed by atoms with Gasteiger partial charge in [-0.15, -0.1) is 0 Å². The number of alkyl halides is 3. The number of hydrogen-bond acceptors (Lipinski definition) is 5. The van der Waals surface area contributed by atoms with Crippen LogP contribution in [0.2, 0.25) is 0 Å². The van der Waals surface area contributed by atoms with Crippen molar-refractivity contribution in [1.29, 1.82) is 0 Å². The number of ether oxygens (including phenoxy) is 1. The van der Waals surface area contributed by atoms with Crippen LogP contribution in [0.25, 0.3) is 6.08 Å². The van der Waals surface area contributed by atoms with Crippen LogP contribution in [0.15, 0.2) is 78.9 Å². The van der Waals surface area contributed by atoms with Gasteiger partial charge in [0.15, 0.2) is 0 Å². The fourth-order valence-electron chi connectivity index (χ4n) is 4.54. The minimum atomic E-state index is -4.46. The maximum absolute atomic E-state index is 13.3. The van der Waals surface area contributed by atoms with Crippen LogP contribution in [0.3, 0.4) is 0 Å². The van der Waals surface area contributed by atoms with Crippen LogP contribution < -0.4 is 21.7 Å². The lowest BCUT2D eigenvalue weighted by atomic mass is 9.96. The number of rotatable bonds is 10. The zero-order valence-corrected chi connectivity index (χ0v) is 22.4. The molecular formula is C31H33F3N4O3. The number of carbonyl (C=O) groups excluding carboxylic acids is 2. The number of nitrogen functional groups attached to an aromatic ring is 1. The average Bonchev–Trinajstić information content (AvgIpc) is 2.96. The Morgan fingerprint density at radius 3 is 2.29 bits per heavy atom. The number of anilines is 3. The van der Waals surface area contributed by atoms with Gasteiger partial charge in [-0.1, -0.05) is 36.4 Å². The molecule has 1 saturated heterocycles. The molecule has 7 nitrogen and oxygen atoms in total. The highest BCUT2D eigenvalue weighted by Gasteiger charge is 2.30. The zero-order valence-electron chi connectivity index (χ0n) is 22.4. The van der Waals surface area contributed by atoms with Crippen LogP contribution in [0.1, 0.15) is 42.0 Å². The molecule has 1 aliphatic rings. The molecule has 0 spiro atoms. The number of para-hydroxylation sites is 2. The van der Waals surface area contributed by atoms with Crippen molar-refractivity contribution >= 4 is 35.0 Å². The molecule has 0 radical (unpaired) electrons. The van der Waals surface area contributed by atoms with Crippen LogP contribution in [0.4, 0.5) is 30.2 Å². The van der Waals surface area contributed by atoms with Crippen molar-refractivity contribution in [2.24, 2.45) is 5.92 Å². The van der Waals surface area contributed by atoms with E-state index in [1.54, 1.807) is 54.6 Å². The highest BCUT2D eigenvalue weighted by molar-refractivity contribution is 6.03. The van der Waals surface area contributed by atoms with Crippen molar-refractivity contribution in [3.05, 3.63) is 95.6 Å². The predicted octanol–water partition coefficient (Wildman–Crippen LogP) is 6.03. The zero-order chi connectivity index (χ0) is 29.2. The van der Waals surface area contributed by atoms with Crippen molar-refractivity contribution in [2.45, 2.75) is 31.5 Å². The molecule has 3 aromatic carbocycles. The van der Waals surface area contributed by atoms with Gasteiger partial charge in [0.2, 0.25) is 11.8 Å². The van der Waals surface area contributed by atoms with Gasteiger partial charge >= 0.3 is 6.18 Å². The normalized spacial score (nSPS) is 15.0. The first-order chi connectivity index (χ1) is 19.7. The first kappa shape index (κ1) is 29.8. The Hall–Kier alpha value is -4.15. The molecule has 41 heavy (non-hydrogen) atoms. The maximum atomic E-state index is 13.3. The summed E-state index contributed by atoms with van der Waals surface area (Å²) < 4.78 is 44.2. The van der Waals surface area contributed by atoms with Crippen LogP contribution in [0.5, 0.6) is 0 Å². The van der Waals surface area contributed by atoms with E-state index in [4.69, 9.17) is 10.5 Å². The van der Waals surface area contributed by atoms with Gasteiger partial charge in [-0.2, -0.15) is 13.2 Å². The Labute approximate surface area is 237 Å². The quantitative estimate of drug-likeness (QED) is 0.177. The molecule has 10 heteroatoms. The molecule has 1 heterocycles. The van der Waals surface area contributed by atoms with Gasteiger partial charge in [0.1, 0.15) is 6.04 Å². The first-order valence-electron chi connectivity index (χ1n) is 13.4. The first-order valence-corrected chi connectivity index (χ1v) is 13.4. The lowest BCUT2D eigenvalue weighted by molar-refractivity contribution is -0.137. The van der Waals surface area contributed by atoms with Crippen molar-refractivity contribution in [3.63, 3.8) is 0 Å². The van der Waals surface area contributed by atoms with E-state index in [1.807, 2.05) is 0 Å². The second kappa shape index (κ2) is 14.0. The van der Waals surface area contributed by atoms with E-state index in [2.05, 4.69) is 16.0 Å². The standard InChI is InChI=1S/C31H33F3N4O3/c32-31(33,34)24-10-12-25(13-11-24)37-30(40)29(36-18-15-22-16-19-41-20-17-22)23-8-5-21(6-9-23)7-14-28(39)38-27-4-2-1-3-26(27)35/h1-14,22,29,36H,15-20,35H2,(H,37,40)(H,38,39)/b14-7+. The van der Waals surface area contributed by atoms with E-state index in [9.17, 15) is 22.8 Å². The largest absolute Gasteiger partial charge is 0.416 e. The van der Waals surface area contributed by atoms with Gasteiger partial charge in [-0.3, -0.25) is 9.59 Å². The molecule has 0 bridgehead atoms. The summed E-state index contributed by atoms with van der Waals surface area (Å²) in [7, 11) is 0. The Morgan fingerprint density at radius 2 is 1.63 bits per heavy atom. The number of nitrogens with two attached hydrogens (primary N) is 1. The number of hydrogen-bond donors (Lipinski definition) is 4. The average molecular weight is 567 g/mol. The van der Waals surface area contributed by atoms with Crippen LogP contribution in [0, 0.1) is 5.92 Å². The summed E-state index contributed by atoms with van der Waals surface area (Å²) in [6.07, 6.45) is 1.39. The van der Waals surface area contributed by atoms with Crippen molar-refractivity contribution < 1.29 is 27.5 Å². The molecule has 0 saturated carbocycles. The summed E-state index contributed by atoms with van der Waals surface area (Å²) in [5.41, 5.74) is 7.75. The Kier molecular flexibility index (Phi) is 10.2. The third-order valence-corrected chi connectivity index (χ3v) is 6.90. The summed E-state index contributed by atoms with van der Waals surface area (Å²) in [6.45, 7) is 2.04. The number of benzene rings is 3. The summed E-state index contributed by atoms with van der Waals surface area (Å²) in [5, 5.41) is 8.76. The number of amides is 2. The third kappa shape index (κ3) is 8.92. The van der Waals surface area contributed by atoms with Crippen molar-refractivity contribution in [2.75, 3.05) is 36.1 Å². The monoisotopic (exact) mass is 566 g/mol. The van der Waals surface area contributed by atoms with Crippen LogP contribution in [-0.4, -0.2) is 31.6 Å². The van der Waals surface area contributed by atoms with Gasteiger partial charge in [0, 0.05) is 25.0 Å². The number of halogens is 3. The van der Waals surface area contributed by atoms with Gasteiger partial charge in [-0.05, 0) is 85.3 Å². The molecule has 1 unspecified atom stereocenters. The van der Waals surface area contributed by atoms with Crippen LogP contribution in [-0.2, 0) is 20.5 Å². The SMILES string of the molecule is Nc1ccccc1NC(=O)/C=C/c1ccc(C(NCCC2CCOCC2)C(=O)Nc2ccc(C(F)(F)F)cc2)cc1. The molecule has 0 aliphatic carbocycles. The van der Waals surface area contributed by atoms with E-state index in [1.165, 1.54) is 18.2 Å². The van der Waals surface area contributed by atoms with Gasteiger partial charge in [0.25, 0.3) is 0 Å². The van der Waals surface area contributed by atoms with Crippen molar-refractivity contribution in [3.8, 4) is 0 Å². The Morgan fingerprint density at radius 1 is 0.951 bits per heavy atom. The number of carbonyl (C=O) groups is 2.